The molecule has 1 heterocycles. The van der Waals surface area contributed by atoms with Crippen molar-refractivity contribution >= 4 is 39.9 Å². The third-order valence-electron chi connectivity index (χ3n) is 5.50. The summed E-state index contributed by atoms with van der Waals surface area (Å²) in [6, 6.07) is 7.15. The first-order valence-corrected chi connectivity index (χ1v) is 13.0. The SMILES string of the molecule is CS(=O)(=O)Nc1ccc(C(CS)C(=O)NCc2ccc(C(F)(F)F)cc2N2CCCC2)cc1F. The number of hydrogen-bond acceptors (Lipinski definition) is 5. The zero-order valence-electron chi connectivity index (χ0n) is 18.3. The highest BCUT2D eigenvalue weighted by atomic mass is 32.2. The van der Waals surface area contributed by atoms with E-state index < -0.39 is 39.4 Å². The van der Waals surface area contributed by atoms with Gasteiger partial charge in [-0.3, -0.25) is 9.52 Å². The average molecular weight is 520 g/mol. The lowest BCUT2D eigenvalue weighted by Crippen LogP contribution is -2.31. The van der Waals surface area contributed by atoms with E-state index in [4.69, 9.17) is 0 Å². The lowest BCUT2D eigenvalue weighted by atomic mass is 9.99. The summed E-state index contributed by atoms with van der Waals surface area (Å²) in [5.41, 5.74) is 0.258. The van der Waals surface area contributed by atoms with E-state index >= 15 is 0 Å². The molecule has 0 aromatic heterocycles. The smallest absolute Gasteiger partial charge is 0.371 e. The second-order valence-electron chi connectivity index (χ2n) is 8.10. The van der Waals surface area contributed by atoms with Crippen LogP contribution >= 0.6 is 12.6 Å². The van der Waals surface area contributed by atoms with Gasteiger partial charge >= 0.3 is 6.18 Å². The van der Waals surface area contributed by atoms with E-state index in [0.717, 1.165) is 37.3 Å². The minimum atomic E-state index is -4.48. The third kappa shape index (κ3) is 6.56. The Morgan fingerprint density at radius 2 is 1.82 bits per heavy atom. The number of nitrogens with one attached hydrogen (secondary N) is 2. The van der Waals surface area contributed by atoms with E-state index in [-0.39, 0.29) is 23.5 Å². The van der Waals surface area contributed by atoms with Crippen molar-refractivity contribution < 1.29 is 30.8 Å². The number of carbonyl (C=O) groups is 1. The van der Waals surface area contributed by atoms with Gasteiger partial charge in [0.1, 0.15) is 5.82 Å². The number of hydrogen-bond donors (Lipinski definition) is 3. The van der Waals surface area contributed by atoms with Crippen molar-refractivity contribution in [2.45, 2.75) is 31.5 Å². The summed E-state index contributed by atoms with van der Waals surface area (Å²) in [6.45, 7) is 1.26. The quantitative estimate of drug-likeness (QED) is 0.362. The number of anilines is 2. The molecular formula is C22H25F4N3O3S2. The molecule has 1 fully saturated rings. The van der Waals surface area contributed by atoms with Crippen LogP contribution < -0.4 is 14.9 Å². The molecule has 186 valence electrons. The standard InChI is InChI=1S/C22H25F4N3O3S2/c1-34(31,32)28-19-7-5-14(10-18(19)23)17(13-33)21(30)27-12-15-4-6-16(22(24,25)26)11-20(15)29-8-2-3-9-29/h4-7,10-11,17,28,33H,2-3,8-9,12-13H2,1H3,(H,27,30). The molecule has 0 saturated carbocycles. The topological polar surface area (TPSA) is 78.5 Å². The highest BCUT2D eigenvalue weighted by Gasteiger charge is 2.32. The molecule has 3 rings (SSSR count). The molecule has 1 aliphatic rings. The van der Waals surface area contributed by atoms with Crippen molar-refractivity contribution in [3.63, 3.8) is 0 Å². The summed E-state index contributed by atoms with van der Waals surface area (Å²) in [7, 11) is -3.68. The summed E-state index contributed by atoms with van der Waals surface area (Å²) in [5, 5.41) is 2.71. The maximum Gasteiger partial charge on any atom is 0.416 e. The second-order valence-corrected chi connectivity index (χ2v) is 10.2. The van der Waals surface area contributed by atoms with Crippen molar-refractivity contribution in [1.29, 1.82) is 0 Å². The van der Waals surface area contributed by atoms with Crippen LogP contribution in [-0.4, -0.2) is 39.4 Å². The molecule has 6 nitrogen and oxygen atoms in total. The monoisotopic (exact) mass is 519 g/mol. The van der Waals surface area contributed by atoms with Crippen LogP contribution in [0.1, 0.15) is 35.4 Å². The van der Waals surface area contributed by atoms with Crippen LogP contribution in [0.4, 0.5) is 28.9 Å². The zero-order valence-corrected chi connectivity index (χ0v) is 20.0. The molecule has 34 heavy (non-hydrogen) atoms. The Balaban J connectivity index is 1.78. The van der Waals surface area contributed by atoms with Crippen molar-refractivity contribution in [3.8, 4) is 0 Å². The van der Waals surface area contributed by atoms with Gasteiger partial charge in [0.05, 0.1) is 23.4 Å². The molecule has 2 N–H and O–H groups in total. The maximum absolute atomic E-state index is 14.4. The number of halogens is 4. The Morgan fingerprint density at radius 3 is 2.38 bits per heavy atom. The van der Waals surface area contributed by atoms with Crippen LogP contribution in [0, 0.1) is 5.82 Å². The largest absolute Gasteiger partial charge is 0.416 e. The molecule has 0 spiro atoms. The number of nitrogens with zero attached hydrogens (tertiary/aromatic N) is 1. The Kier molecular flexibility index (Phi) is 8.02. The first-order chi connectivity index (χ1) is 15.9. The van der Waals surface area contributed by atoms with Gasteiger partial charge in [-0.2, -0.15) is 25.8 Å². The molecule has 1 unspecified atom stereocenters. The van der Waals surface area contributed by atoms with E-state index in [1.165, 1.54) is 18.2 Å². The number of amides is 1. The van der Waals surface area contributed by atoms with Crippen molar-refractivity contribution in [2.24, 2.45) is 0 Å². The summed E-state index contributed by atoms with van der Waals surface area (Å²) in [6.07, 6.45) is -1.84. The predicted octanol–water partition coefficient (Wildman–Crippen LogP) is 4.15. The van der Waals surface area contributed by atoms with E-state index in [9.17, 15) is 30.8 Å². The van der Waals surface area contributed by atoms with Gasteiger partial charge in [-0.25, -0.2) is 12.8 Å². The second kappa shape index (κ2) is 10.4. The van der Waals surface area contributed by atoms with E-state index in [1.807, 2.05) is 4.90 Å². The lowest BCUT2D eigenvalue weighted by Gasteiger charge is -2.24. The molecule has 12 heteroatoms. The number of carbonyl (C=O) groups excluding carboxylic acids is 1. The Morgan fingerprint density at radius 1 is 1.15 bits per heavy atom. The molecule has 1 saturated heterocycles. The molecule has 2 aromatic carbocycles. The minimum Gasteiger partial charge on any atom is -0.371 e. The van der Waals surface area contributed by atoms with Gasteiger partial charge in [-0.05, 0) is 48.2 Å². The number of rotatable bonds is 8. The highest BCUT2D eigenvalue weighted by molar-refractivity contribution is 7.92. The number of alkyl halides is 3. The van der Waals surface area contributed by atoms with Crippen LogP contribution in [0.3, 0.4) is 0 Å². The van der Waals surface area contributed by atoms with Gasteiger partial charge < -0.3 is 10.2 Å². The Labute approximate surface area is 201 Å². The lowest BCUT2D eigenvalue weighted by molar-refractivity contribution is -0.137. The number of benzene rings is 2. The Hall–Kier alpha value is -2.47. The van der Waals surface area contributed by atoms with Crippen LogP contribution in [0.2, 0.25) is 0 Å². The molecule has 2 aromatic rings. The van der Waals surface area contributed by atoms with E-state index in [0.29, 0.717) is 24.3 Å². The van der Waals surface area contributed by atoms with Crippen molar-refractivity contribution in [2.75, 3.05) is 34.7 Å². The first-order valence-electron chi connectivity index (χ1n) is 10.5. The molecule has 0 radical (unpaired) electrons. The fraction of sp³-hybridized carbons (Fsp3) is 0.409. The van der Waals surface area contributed by atoms with E-state index in [2.05, 4.69) is 22.7 Å². The summed E-state index contributed by atoms with van der Waals surface area (Å²) < 4.78 is 78.8. The molecule has 1 aliphatic heterocycles. The van der Waals surface area contributed by atoms with Gasteiger partial charge in [-0.15, -0.1) is 0 Å². The molecular weight excluding hydrogens is 494 g/mol. The van der Waals surface area contributed by atoms with Gasteiger partial charge in [0.15, 0.2) is 0 Å². The average Bonchev–Trinajstić information content (AvgIpc) is 3.28. The third-order valence-corrected chi connectivity index (χ3v) is 6.46. The normalized spacial score (nSPS) is 15.3. The first kappa shape index (κ1) is 26.1. The number of thiol groups is 1. The predicted molar refractivity (Wildman–Crippen MR) is 126 cm³/mol. The van der Waals surface area contributed by atoms with Gasteiger partial charge in [0.25, 0.3) is 0 Å². The molecule has 0 aliphatic carbocycles. The molecule has 1 atom stereocenters. The fourth-order valence-corrected chi connectivity index (χ4v) is 4.76. The highest BCUT2D eigenvalue weighted by Crippen LogP contribution is 2.35. The zero-order chi connectivity index (χ0) is 25.1. The summed E-state index contributed by atoms with van der Waals surface area (Å²) in [5.74, 6) is -2.14. The fourth-order valence-electron chi connectivity index (χ4n) is 3.82. The van der Waals surface area contributed by atoms with Crippen LogP contribution in [0.5, 0.6) is 0 Å². The van der Waals surface area contributed by atoms with Crippen molar-refractivity contribution in [3.05, 3.63) is 58.9 Å². The van der Waals surface area contributed by atoms with Gasteiger partial charge in [0.2, 0.25) is 15.9 Å². The van der Waals surface area contributed by atoms with Crippen LogP contribution in [0.15, 0.2) is 36.4 Å². The summed E-state index contributed by atoms with van der Waals surface area (Å²) >= 11 is 4.18. The van der Waals surface area contributed by atoms with Crippen molar-refractivity contribution in [1.82, 2.24) is 5.32 Å². The van der Waals surface area contributed by atoms with Crippen LogP contribution in [-0.2, 0) is 27.5 Å². The van der Waals surface area contributed by atoms with Crippen LogP contribution in [0.25, 0.3) is 0 Å². The van der Waals surface area contributed by atoms with E-state index in [1.54, 1.807) is 0 Å². The number of sulfonamides is 1. The summed E-state index contributed by atoms with van der Waals surface area (Å²) in [4.78, 5) is 14.7. The van der Waals surface area contributed by atoms with Gasteiger partial charge in [-0.1, -0.05) is 12.1 Å². The maximum atomic E-state index is 14.4. The minimum absolute atomic E-state index is 0.0106. The molecule has 0 bridgehead atoms. The van der Waals surface area contributed by atoms with Gasteiger partial charge in [0, 0.05) is 31.1 Å². The Bertz CT molecular complexity index is 1150. The molecule has 1 amide bonds.